The first-order valence-corrected chi connectivity index (χ1v) is 23.2. The van der Waals surface area contributed by atoms with E-state index >= 15 is 0 Å². The van der Waals surface area contributed by atoms with Crippen LogP contribution in [0.1, 0.15) is 96.9 Å². The molecule has 7 rings (SSSR count). The van der Waals surface area contributed by atoms with Crippen LogP contribution in [0.4, 0.5) is 56.9 Å². The fourth-order valence-electron chi connectivity index (χ4n) is 6.05. The van der Waals surface area contributed by atoms with Gasteiger partial charge in [0.05, 0.1) is 0 Å². The molecule has 0 saturated carbocycles. The largest absolute Gasteiger partial charge is 0.345 e. The molecule has 0 heterocycles. The molecule has 4 heteroatoms. The van der Waals surface area contributed by atoms with Gasteiger partial charge in [-0.3, -0.25) is 0 Å². The quantitative estimate of drug-likeness (QED) is 0.136. The highest BCUT2D eigenvalue weighted by molar-refractivity contribution is 5.80. The molecule has 332 valence electrons. The van der Waals surface area contributed by atoms with Crippen LogP contribution in [0.2, 0.25) is 0 Å². The van der Waals surface area contributed by atoms with E-state index in [-0.39, 0.29) is 0 Å². The minimum atomic E-state index is 1.11. The van der Waals surface area contributed by atoms with Crippen molar-refractivity contribution in [3.05, 3.63) is 194 Å². The highest BCUT2D eigenvalue weighted by atomic mass is 15.2. The second-order valence-electron chi connectivity index (χ2n) is 11.7. The second kappa shape index (κ2) is 34.5. The van der Waals surface area contributed by atoms with Gasteiger partial charge in [-0.2, -0.15) is 0 Å². The summed E-state index contributed by atoms with van der Waals surface area (Å²) in [5, 5.41) is 0. The second-order valence-corrected chi connectivity index (χ2v) is 11.7. The van der Waals surface area contributed by atoms with Crippen LogP contribution in [0.5, 0.6) is 0 Å². The van der Waals surface area contributed by atoms with Gasteiger partial charge in [0, 0.05) is 71.0 Å². The molecule has 7 aromatic rings. The van der Waals surface area contributed by atoms with Crippen LogP contribution in [-0.4, -0.2) is 14.1 Å². The lowest BCUT2D eigenvalue weighted by Crippen LogP contribution is -2.13. The van der Waals surface area contributed by atoms with E-state index < -0.39 is 0 Å². The molecule has 0 fully saturated rings. The van der Waals surface area contributed by atoms with Gasteiger partial charge in [-0.25, -0.2) is 0 Å². The molecule has 0 bridgehead atoms. The Hall–Kier alpha value is -6.26. The Labute approximate surface area is 380 Å². The van der Waals surface area contributed by atoms with Crippen LogP contribution in [0.25, 0.3) is 0 Å². The fraction of sp³-hybridized carbons (Fsp3) is 0.276. The van der Waals surface area contributed by atoms with Gasteiger partial charge < -0.3 is 19.6 Å². The molecule has 0 aliphatic heterocycles. The summed E-state index contributed by atoms with van der Waals surface area (Å²) in [5.41, 5.74) is 11.2. The maximum atomic E-state index is 2.28. The Morgan fingerprint density at radius 3 is 0.468 bits per heavy atom. The third-order valence-corrected chi connectivity index (χ3v) is 8.67. The Balaban J connectivity index is 0.00000242. The summed E-state index contributed by atoms with van der Waals surface area (Å²) in [5.74, 6) is 0. The van der Waals surface area contributed by atoms with Crippen molar-refractivity contribution in [3.63, 3.8) is 0 Å². The first kappa shape index (κ1) is 55.7. The summed E-state index contributed by atoms with van der Waals surface area (Å²) in [6.07, 6.45) is 0. The molecule has 0 spiro atoms. The molecule has 7 aromatic carbocycles. The summed E-state index contributed by atoms with van der Waals surface area (Å²) in [6, 6.07) is 68.2. The van der Waals surface area contributed by atoms with Crippen molar-refractivity contribution in [2.24, 2.45) is 0 Å². The standard InChI is InChI=1S/C44H38N4.7C2H6/c1-45(37-27-31-43(32-28-37)47(39-15-7-3-8-16-39)40-17-9-4-10-18-40)35-23-25-36(26-24-35)46(2)38-29-33-44(34-30-38)48(41-19-11-5-12-20-41)42-21-13-6-14-22-42;7*1-2/h3-34H,1-2H3;7*1-2H3. The molecular formula is C58H80N4. The predicted molar refractivity (Wildman–Crippen MR) is 284 cm³/mol. The zero-order chi connectivity index (χ0) is 46.7. The number of hydrogen-bond donors (Lipinski definition) is 0. The first-order chi connectivity index (χ1) is 30.7. The number of rotatable bonds is 10. The predicted octanol–water partition coefficient (Wildman–Crippen LogP) is 19.3. The number of para-hydroxylation sites is 4. The van der Waals surface area contributed by atoms with Gasteiger partial charge >= 0.3 is 0 Å². The Kier molecular flexibility index (Phi) is 31.0. The number of anilines is 10. The van der Waals surface area contributed by atoms with E-state index in [0.717, 1.165) is 56.9 Å². The van der Waals surface area contributed by atoms with Crippen LogP contribution < -0.4 is 19.6 Å². The normalized spacial score (nSPS) is 8.97. The number of nitrogens with zero attached hydrogens (tertiary/aromatic N) is 4. The monoisotopic (exact) mass is 833 g/mol. The van der Waals surface area contributed by atoms with E-state index in [2.05, 4.69) is 228 Å². The van der Waals surface area contributed by atoms with Gasteiger partial charge in [0.2, 0.25) is 0 Å². The lowest BCUT2D eigenvalue weighted by atomic mass is 10.1. The molecule has 62 heavy (non-hydrogen) atoms. The van der Waals surface area contributed by atoms with Gasteiger partial charge in [0.15, 0.2) is 0 Å². The number of hydrogen-bond acceptors (Lipinski definition) is 4. The summed E-state index contributed by atoms with van der Waals surface area (Å²) < 4.78 is 0. The first-order valence-electron chi connectivity index (χ1n) is 23.2. The van der Waals surface area contributed by atoms with Crippen LogP contribution in [-0.2, 0) is 0 Å². The molecule has 0 saturated heterocycles. The van der Waals surface area contributed by atoms with Gasteiger partial charge in [0.1, 0.15) is 0 Å². The van der Waals surface area contributed by atoms with Crippen molar-refractivity contribution in [2.45, 2.75) is 96.9 Å². The van der Waals surface area contributed by atoms with E-state index in [9.17, 15) is 0 Å². The third-order valence-electron chi connectivity index (χ3n) is 8.67. The topological polar surface area (TPSA) is 13.0 Å². The average Bonchev–Trinajstić information content (AvgIpc) is 3.40. The molecule has 0 aromatic heterocycles. The Morgan fingerprint density at radius 1 is 0.177 bits per heavy atom. The van der Waals surface area contributed by atoms with Crippen molar-refractivity contribution in [3.8, 4) is 0 Å². The molecule has 4 nitrogen and oxygen atoms in total. The van der Waals surface area contributed by atoms with E-state index in [1.165, 1.54) is 0 Å². The summed E-state index contributed by atoms with van der Waals surface area (Å²) in [4.78, 5) is 9.00. The molecule has 0 N–H and O–H groups in total. The van der Waals surface area contributed by atoms with Gasteiger partial charge in [-0.15, -0.1) is 0 Å². The maximum Gasteiger partial charge on any atom is 0.0463 e. The van der Waals surface area contributed by atoms with Crippen molar-refractivity contribution in [1.82, 2.24) is 0 Å². The Bertz CT molecular complexity index is 1780. The fourth-order valence-corrected chi connectivity index (χ4v) is 6.05. The van der Waals surface area contributed by atoms with Crippen LogP contribution in [0, 0.1) is 0 Å². The lowest BCUT2D eigenvalue weighted by molar-refractivity contribution is 1.18. The molecule has 0 aliphatic carbocycles. The van der Waals surface area contributed by atoms with E-state index in [1.54, 1.807) is 0 Å². The highest BCUT2D eigenvalue weighted by Crippen LogP contribution is 2.38. The molecule has 0 amide bonds. The molecule has 0 atom stereocenters. The minimum absolute atomic E-state index is 1.11. The minimum Gasteiger partial charge on any atom is -0.345 e. The van der Waals surface area contributed by atoms with Gasteiger partial charge in [-0.1, -0.05) is 170 Å². The maximum absolute atomic E-state index is 2.28. The van der Waals surface area contributed by atoms with E-state index in [1.807, 2.05) is 96.9 Å². The third kappa shape index (κ3) is 16.3. The lowest BCUT2D eigenvalue weighted by Gasteiger charge is -2.27. The van der Waals surface area contributed by atoms with Crippen molar-refractivity contribution in [1.29, 1.82) is 0 Å². The van der Waals surface area contributed by atoms with Crippen LogP contribution in [0.15, 0.2) is 194 Å². The van der Waals surface area contributed by atoms with Crippen LogP contribution in [0.3, 0.4) is 0 Å². The smallest absolute Gasteiger partial charge is 0.0463 e. The summed E-state index contributed by atoms with van der Waals surface area (Å²) >= 11 is 0. The zero-order valence-corrected chi connectivity index (χ0v) is 41.3. The van der Waals surface area contributed by atoms with Gasteiger partial charge in [-0.05, 0) is 121 Å². The average molecular weight is 833 g/mol. The summed E-state index contributed by atoms with van der Waals surface area (Å²) in [7, 11) is 4.23. The molecular weight excluding hydrogens is 753 g/mol. The molecule has 0 unspecified atom stereocenters. The van der Waals surface area contributed by atoms with Crippen molar-refractivity contribution >= 4 is 56.9 Å². The van der Waals surface area contributed by atoms with Crippen LogP contribution >= 0.6 is 0 Å². The van der Waals surface area contributed by atoms with Crippen molar-refractivity contribution in [2.75, 3.05) is 33.7 Å². The van der Waals surface area contributed by atoms with Crippen molar-refractivity contribution < 1.29 is 0 Å². The van der Waals surface area contributed by atoms with E-state index in [4.69, 9.17) is 0 Å². The molecule has 0 radical (unpaired) electrons. The number of benzene rings is 7. The van der Waals surface area contributed by atoms with E-state index in [0.29, 0.717) is 0 Å². The summed E-state index contributed by atoms with van der Waals surface area (Å²) in [6.45, 7) is 28.0. The molecule has 0 aliphatic rings. The Morgan fingerprint density at radius 2 is 0.306 bits per heavy atom. The highest BCUT2D eigenvalue weighted by Gasteiger charge is 2.15. The zero-order valence-electron chi connectivity index (χ0n) is 41.3. The SMILES string of the molecule is CC.CC.CC.CC.CC.CC.CC.CN(c1ccc(N(C)c2ccc(N(c3ccccc3)c3ccccc3)cc2)cc1)c1ccc(N(c2ccccc2)c2ccccc2)cc1. The van der Waals surface area contributed by atoms with Gasteiger partial charge in [0.25, 0.3) is 0 Å².